The number of carbonyl (C=O) groups is 1. The molecular formula is C22H23ClN4O2. The number of nitrogens with zero attached hydrogens (tertiary/aromatic N) is 3. The van der Waals surface area contributed by atoms with Gasteiger partial charge < -0.3 is 14.6 Å². The molecule has 0 radical (unpaired) electrons. The summed E-state index contributed by atoms with van der Waals surface area (Å²) in [5, 5.41) is 12.1. The third-order valence-electron chi connectivity index (χ3n) is 5.23. The Hall–Kier alpha value is -2.86. The third-order valence-corrected chi connectivity index (χ3v) is 5.48. The average Bonchev–Trinajstić information content (AvgIpc) is 3.24. The van der Waals surface area contributed by atoms with Crippen LogP contribution in [0.1, 0.15) is 24.0 Å². The Morgan fingerprint density at radius 2 is 1.79 bits per heavy atom. The number of hydrogen-bond donors (Lipinski definition) is 1. The molecule has 0 atom stereocenters. The summed E-state index contributed by atoms with van der Waals surface area (Å²) in [6.45, 7) is 3.99. The van der Waals surface area contributed by atoms with Crippen LogP contribution in [0.4, 0.5) is 6.01 Å². The van der Waals surface area contributed by atoms with Crippen LogP contribution in [0.2, 0.25) is 5.02 Å². The number of aromatic nitrogens is 2. The highest BCUT2D eigenvalue weighted by Crippen LogP contribution is 2.26. The molecule has 2 heterocycles. The lowest BCUT2D eigenvalue weighted by Gasteiger charge is -2.29. The lowest BCUT2D eigenvalue weighted by Crippen LogP contribution is -2.40. The first-order valence-corrected chi connectivity index (χ1v) is 10.1. The molecule has 2 aromatic carbocycles. The molecule has 0 unspecified atom stereocenters. The third kappa shape index (κ3) is 4.77. The minimum absolute atomic E-state index is 0.00181. The standard InChI is InChI=1S/C22H23ClN4O2/c1-15-2-6-18(7-3-15)21-25-26-22(29-21)27-12-10-17(11-13-27)20(28)24-14-16-4-8-19(23)9-5-16/h2-9,17H,10-14H2,1H3,(H,24,28). The second-order valence-electron chi connectivity index (χ2n) is 7.36. The van der Waals surface area contributed by atoms with E-state index < -0.39 is 0 Å². The molecule has 6 nitrogen and oxygen atoms in total. The van der Waals surface area contributed by atoms with Crippen molar-refractivity contribution in [2.24, 2.45) is 5.92 Å². The summed E-state index contributed by atoms with van der Waals surface area (Å²) in [6, 6.07) is 16.0. The van der Waals surface area contributed by atoms with Crippen molar-refractivity contribution in [2.75, 3.05) is 18.0 Å². The van der Waals surface area contributed by atoms with E-state index in [-0.39, 0.29) is 11.8 Å². The molecular weight excluding hydrogens is 388 g/mol. The lowest BCUT2D eigenvalue weighted by atomic mass is 9.96. The number of piperidine rings is 1. The Kier molecular flexibility index (Phi) is 5.81. The van der Waals surface area contributed by atoms with Crippen LogP contribution in [0.5, 0.6) is 0 Å². The fourth-order valence-electron chi connectivity index (χ4n) is 3.42. The summed E-state index contributed by atoms with van der Waals surface area (Å²) in [6.07, 6.45) is 1.52. The fourth-order valence-corrected chi connectivity index (χ4v) is 3.55. The summed E-state index contributed by atoms with van der Waals surface area (Å²) >= 11 is 5.89. The van der Waals surface area contributed by atoms with Gasteiger partial charge in [-0.15, -0.1) is 5.10 Å². The van der Waals surface area contributed by atoms with E-state index in [9.17, 15) is 4.79 Å². The van der Waals surface area contributed by atoms with Crippen LogP contribution in [0, 0.1) is 12.8 Å². The zero-order valence-electron chi connectivity index (χ0n) is 16.3. The quantitative estimate of drug-likeness (QED) is 0.681. The van der Waals surface area contributed by atoms with E-state index in [4.69, 9.17) is 16.0 Å². The van der Waals surface area contributed by atoms with E-state index in [1.165, 1.54) is 5.56 Å². The summed E-state index contributed by atoms with van der Waals surface area (Å²) in [5.74, 6) is 0.603. The van der Waals surface area contributed by atoms with Gasteiger partial charge in [-0.05, 0) is 49.6 Å². The zero-order chi connectivity index (χ0) is 20.2. The zero-order valence-corrected chi connectivity index (χ0v) is 17.0. The number of amides is 1. The Bertz CT molecular complexity index is 961. The SMILES string of the molecule is Cc1ccc(-c2nnc(N3CCC(C(=O)NCc4ccc(Cl)cc4)CC3)o2)cc1. The maximum absolute atomic E-state index is 12.5. The van der Waals surface area contributed by atoms with E-state index in [1.807, 2.05) is 60.4 Å². The number of rotatable bonds is 5. The van der Waals surface area contributed by atoms with Gasteiger partial charge in [-0.1, -0.05) is 46.5 Å². The maximum atomic E-state index is 12.5. The van der Waals surface area contributed by atoms with Crippen LogP contribution in [-0.4, -0.2) is 29.2 Å². The number of anilines is 1. The number of nitrogens with one attached hydrogen (secondary N) is 1. The Balaban J connectivity index is 1.29. The molecule has 0 spiro atoms. The van der Waals surface area contributed by atoms with E-state index in [0.29, 0.717) is 36.6 Å². The van der Waals surface area contributed by atoms with Gasteiger partial charge in [0.1, 0.15) is 0 Å². The highest BCUT2D eigenvalue weighted by molar-refractivity contribution is 6.30. The minimum Gasteiger partial charge on any atom is -0.403 e. The van der Waals surface area contributed by atoms with Crippen molar-refractivity contribution in [3.05, 3.63) is 64.7 Å². The van der Waals surface area contributed by atoms with E-state index in [1.54, 1.807) is 0 Å². The average molecular weight is 411 g/mol. The normalized spacial score (nSPS) is 14.8. The van der Waals surface area contributed by atoms with Crippen LogP contribution in [0.3, 0.4) is 0 Å². The highest BCUT2D eigenvalue weighted by atomic mass is 35.5. The Morgan fingerprint density at radius 1 is 1.10 bits per heavy atom. The molecule has 1 N–H and O–H groups in total. The molecule has 1 amide bonds. The van der Waals surface area contributed by atoms with Gasteiger partial charge in [-0.2, -0.15) is 0 Å². The van der Waals surface area contributed by atoms with Gasteiger partial charge in [0, 0.05) is 36.1 Å². The van der Waals surface area contributed by atoms with Gasteiger partial charge in [0.05, 0.1) is 0 Å². The van der Waals surface area contributed by atoms with Crippen molar-refractivity contribution in [1.29, 1.82) is 0 Å². The predicted octanol–water partition coefficient (Wildman–Crippen LogP) is 4.23. The first kappa shape index (κ1) is 19.5. The summed E-state index contributed by atoms with van der Waals surface area (Å²) in [4.78, 5) is 14.5. The number of benzene rings is 2. The van der Waals surface area contributed by atoms with Gasteiger partial charge in [-0.25, -0.2) is 0 Å². The molecule has 29 heavy (non-hydrogen) atoms. The molecule has 4 rings (SSSR count). The lowest BCUT2D eigenvalue weighted by molar-refractivity contribution is -0.125. The van der Waals surface area contributed by atoms with E-state index in [0.717, 1.165) is 24.0 Å². The topological polar surface area (TPSA) is 71.3 Å². The van der Waals surface area contributed by atoms with E-state index >= 15 is 0 Å². The van der Waals surface area contributed by atoms with Crippen molar-refractivity contribution >= 4 is 23.5 Å². The first-order valence-electron chi connectivity index (χ1n) is 9.76. The first-order chi connectivity index (χ1) is 14.1. The minimum atomic E-state index is -0.00181. The van der Waals surface area contributed by atoms with Gasteiger partial charge in [0.15, 0.2) is 0 Å². The molecule has 0 bridgehead atoms. The van der Waals surface area contributed by atoms with Crippen LogP contribution in [-0.2, 0) is 11.3 Å². The molecule has 0 aliphatic carbocycles. The summed E-state index contributed by atoms with van der Waals surface area (Å²) < 4.78 is 5.85. The molecule has 0 saturated carbocycles. The molecule has 150 valence electrons. The number of aryl methyl sites for hydroxylation is 1. The van der Waals surface area contributed by atoms with Crippen LogP contribution >= 0.6 is 11.6 Å². The summed E-state index contributed by atoms with van der Waals surface area (Å²) in [5.41, 5.74) is 3.13. The predicted molar refractivity (Wildman–Crippen MR) is 113 cm³/mol. The van der Waals surface area contributed by atoms with Crippen molar-refractivity contribution < 1.29 is 9.21 Å². The molecule has 3 aromatic rings. The largest absolute Gasteiger partial charge is 0.403 e. The molecule has 1 aromatic heterocycles. The second kappa shape index (κ2) is 8.66. The van der Waals surface area contributed by atoms with Gasteiger partial charge in [0.25, 0.3) is 0 Å². The summed E-state index contributed by atoms with van der Waals surface area (Å²) in [7, 11) is 0. The molecule has 1 saturated heterocycles. The van der Waals surface area contributed by atoms with Gasteiger partial charge in [0.2, 0.25) is 11.8 Å². The van der Waals surface area contributed by atoms with Crippen molar-refractivity contribution in [2.45, 2.75) is 26.3 Å². The van der Waals surface area contributed by atoms with Crippen LogP contribution in [0.15, 0.2) is 52.9 Å². The fraction of sp³-hybridized carbons (Fsp3) is 0.318. The van der Waals surface area contributed by atoms with Crippen molar-refractivity contribution in [3.63, 3.8) is 0 Å². The van der Waals surface area contributed by atoms with E-state index in [2.05, 4.69) is 15.5 Å². The smallest absolute Gasteiger partial charge is 0.318 e. The molecule has 7 heteroatoms. The number of hydrogen-bond acceptors (Lipinski definition) is 5. The van der Waals surface area contributed by atoms with Crippen molar-refractivity contribution in [1.82, 2.24) is 15.5 Å². The molecule has 1 fully saturated rings. The van der Waals surface area contributed by atoms with Crippen molar-refractivity contribution in [3.8, 4) is 11.5 Å². The number of halogens is 1. The van der Waals surface area contributed by atoms with Crippen LogP contribution in [0.25, 0.3) is 11.5 Å². The second-order valence-corrected chi connectivity index (χ2v) is 7.80. The number of carbonyl (C=O) groups excluding carboxylic acids is 1. The Morgan fingerprint density at radius 3 is 2.48 bits per heavy atom. The Labute approximate surface area is 174 Å². The monoisotopic (exact) mass is 410 g/mol. The molecule has 1 aliphatic heterocycles. The highest BCUT2D eigenvalue weighted by Gasteiger charge is 2.27. The van der Waals surface area contributed by atoms with Gasteiger partial charge >= 0.3 is 6.01 Å². The van der Waals surface area contributed by atoms with Gasteiger partial charge in [-0.3, -0.25) is 4.79 Å². The molecule has 1 aliphatic rings. The van der Waals surface area contributed by atoms with Crippen LogP contribution < -0.4 is 10.2 Å². The maximum Gasteiger partial charge on any atom is 0.318 e.